The van der Waals surface area contributed by atoms with Crippen molar-refractivity contribution >= 4 is 5.91 Å². The van der Waals surface area contributed by atoms with Gasteiger partial charge >= 0.3 is 0 Å². The molecule has 3 nitrogen and oxygen atoms in total. The van der Waals surface area contributed by atoms with E-state index in [9.17, 15) is 4.79 Å². The average molecular weight is 217 g/mol. The van der Waals surface area contributed by atoms with E-state index in [2.05, 4.69) is 0 Å². The maximum absolute atomic E-state index is 11.8. The van der Waals surface area contributed by atoms with Gasteiger partial charge in [-0.15, -0.1) is 0 Å². The SMILES string of the molecule is CCN1C(=O)C=C(C)OC1c1ccccc1. The highest BCUT2D eigenvalue weighted by Gasteiger charge is 2.28. The summed E-state index contributed by atoms with van der Waals surface area (Å²) in [5.41, 5.74) is 1.00. The van der Waals surface area contributed by atoms with Gasteiger partial charge in [0.15, 0.2) is 0 Å². The van der Waals surface area contributed by atoms with E-state index in [1.54, 1.807) is 11.8 Å². The number of allylic oxidation sites excluding steroid dienone is 1. The van der Waals surface area contributed by atoms with Gasteiger partial charge in [0.05, 0.1) is 0 Å². The molecular formula is C13H15NO2. The van der Waals surface area contributed by atoms with Gasteiger partial charge in [-0.1, -0.05) is 30.3 Å². The Hall–Kier alpha value is -1.77. The molecule has 2 rings (SSSR count). The molecular weight excluding hydrogens is 202 g/mol. The first-order chi connectivity index (χ1) is 7.72. The van der Waals surface area contributed by atoms with Crippen LogP contribution >= 0.6 is 0 Å². The topological polar surface area (TPSA) is 29.5 Å². The van der Waals surface area contributed by atoms with Crippen LogP contribution in [0.4, 0.5) is 0 Å². The van der Waals surface area contributed by atoms with Gasteiger partial charge in [0.1, 0.15) is 5.76 Å². The Balaban J connectivity index is 2.33. The van der Waals surface area contributed by atoms with Crippen molar-refractivity contribution in [3.63, 3.8) is 0 Å². The van der Waals surface area contributed by atoms with E-state index in [0.29, 0.717) is 12.3 Å². The number of amides is 1. The third kappa shape index (κ3) is 1.94. The summed E-state index contributed by atoms with van der Waals surface area (Å²) < 4.78 is 5.71. The number of rotatable bonds is 2. The van der Waals surface area contributed by atoms with E-state index in [1.807, 2.05) is 37.3 Å². The fourth-order valence-electron chi connectivity index (χ4n) is 1.83. The first-order valence-corrected chi connectivity index (χ1v) is 5.43. The van der Waals surface area contributed by atoms with Crippen molar-refractivity contribution < 1.29 is 9.53 Å². The van der Waals surface area contributed by atoms with Crippen LogP contribution < -0.4 is 0 Å². The van der Waals surface area contributed by atoms with Crippen LogP contribution in [0, 0.1) is 0 Å². The van der Waals surface area contributed by atoms with Crippen LogP contribution in [0.1, 0.15) is 25.6 Å². The lowest BCUT2D eigenvalue weighted by atomic mass is 10.1. The van der Waals surface area contributed by atoms with Crippen LogP contribution in [-0.2, 0) is 9.53 Å². The molecule has 1 aromatic rings. The second-order valence-corrected chi connectivity index (χ2v) is 3.76. The summed E-state index contributed by atoms with van der Waals surface area (Å²) in [7, 11) is 0. The molecule has 1 atom stereocenters. The quantitative estimate of drug-likeness (QED) is 0.761. The van der Waals surface area contributed by atoms with Crippen LogP contribution in [0.15, 0.2) is 42.2 Å². The molecule has 0 aliphatic carbocycles. The first kappa shape index (κ1) is 10.7. The van der Waals surface area contributed by atoms with Gasteiger partial charge in [0.25, 0.3) is 5.91 Å². The maximum Gasteiger partial charge on any atom is 0.253 e. The molecule has 1 aromatic carbocycles. The number of benzene rings is 1. The molecule has 16 heavy (non-hydrogen) atoms. The molecule has 1 unspecified atom stereocenters. The standard InChI is InChI=1S/C13H15NO2/c1-3-14-12(15)9-10(2)16-13(14)11-7-5-4-6-8-11/h4-9,13H,3H2,1-2H3. The molecule has 0 N–H and O–H groups in total. The number of hydrogen-bond acceptors (Lipinski definition) is 2. The van der Waals surface area contributed by atoms with Crippen molar-refractivity contribution in [2.45, 2.75) is 20.1 Å². The van der Waals surface area contributed by atoms with Gasteiger partial charge < -0.3 is 4.74 Å². The highest BCUT2D eigenvalue weighted by molar-refractivity contribution is 5.88. The number of ether oxygens (including phenoxy) is 1. The van der Waals surface area contributed by atoms with E-state index in [0.717, 1.165) is 5.56 Å². The predicted molar refractivity (Wildman–Crippen MR) is 61.4 cm³/mol. The van der Waals surface area contributed by atoms with Crippen molar-refractivity contribution in [3.8, 4) is 0 Å². The molecule has 0 radical (unpaired) electrons. The van der Waals surface area contributed by atoms with E-state index in [1.165, 1.54) is 6.08 Å². The molecule has 0 saturated heterocycles. The minimum absolute atomic E-state index is 0.0140. The minimum atomic E-state index is -0.288. The average Bonchev–Trinajstić information content (AvgIpc) is 2.29. The molecule has 84 valence electrons. The van der Waals surface area contributed by atoms with Crippen LogP contribution in [-0.4, -0.2) is 17.4 Å². The second kappa shape index (κ2) is 4.39. The Labute approximate surface area is 95.3 Å². The summed E-state index contributed by atoms with van der Waals surface area (Å²) in [5, 5.41) is 0. The van der Waals surface area contributed by atoms with E-state index < -0.39 is 0 Å². The fourth-order valence-corrected chi connectivity index (χ4v) is 1.83. The lowest BCUT2D eigenvalue weighted by molar-refractivity contribution is -0.142. The summed E-state index contributed by atoms with van der Waals surface area (Å²) in [6, 6.07) is 9.79. The lowest BCUT2D eigenvalue weighted by Gasteiger charge is -2.34. The summed E-state index contributed by atoms with van der Waals surface area (Å²) in [5.74, 6) is 0.684. The van der Waals surface area contributed by atoms with Crippen LogP contribution in [0.25, 0.3) is 0 Å². The highest BCUT2D eigenvalue weighted by atomic mass is 16.5. The highest BCUT2D eigenvalue weighted by Crippen LogP contribution is 2.28. The van der Waals surface area contributed by atoms with Gasteiger partial charge in [-0.2, -0.15) is 0 Å². The van der Waals surface area contributed by atoms with Gasteiger partial charge in [-0.3, -0.25) is 9.69 Å². The molecule has 0 saturated carbocycles. The summed E-state index contributed by atoms with van der Waals surface area (Å²) in [6.45, 7) is 4.40. The van der Waals surface area contributed by atoms with Gasteiger partial charge in [0.2, 0.25) is 6.23 Å². The predicted octanol–water partition coefficient (Wildman–Crippen LogP) is 2.47. The molecule has 0 spiro atoms. The normalized spacial score (nSPS) is 20.4. The van der Waals surface area contributed by atoms with Crippen LogP contribution in [0.2, 0.25) is 0 Å². The number of carbonyl (C=O) groups excluding carboxylic acids is 1. The largest absolute Gasteiger partial charge is 0.471 e. The minimum Gasteiger partial charge on any atom is -0.471 e. The van der Waals surface area contributed by atoms with Gasteiger partial charge in [-0.25, -0.2) is 0 Å². The molecule has 0 fully saturated rings. The third-order valence-corrected chi connectivity index (χ3v) is 2.62. The van der Waals surface area contributed by atoms with Crippen molar-refractivity contribution in [1.82, 2.24) is 4.90 Å². The zero-order chi connectivity index (χ0) is 11.5. The van der Waals surface area contributed by atoms with Crippen molar-refractivity contribution in [3.05, 3.63) is 47.7 Å². The molecule has 0 aromatic heterocycles. The Bertz CT molecular complexity index is 411. The number of carbonyl (C=O) groups is 1. The van der Waals surface area contributed by atoms with Crippen LogP contribution in [0.3, 0.4) is 0 Å². The second-order valence-electron chi connectivity index (χ2n) is 3.76. The van der Waals surface area contributed by atoms with E-state index >= 15 is 0 Å². The Kier molecular flexibility index (Phi) is 2.95. The summed E-state index contributed by atoms with van der Waals surface area (Å²) >= 11 is 0. The Morgan fingerprint density at radius 1 is 1.31 bits per heavy atom. The molecule has 1 amide bonds. The molecule has 1 heterocycles. The van der Waals surface area contributed by atoms with Crippen LogP contribution in [0.5, 0.6) is 0 Å². The Morgan fingerprint density at radius 2 is 2.00 bits per heavy atom. The summed E-state index contributed by atoms with van der Waals surface area (Å²) in [6.07, 6.45) is 1.24. The molecule has 3 heteroatoms. The molecule has 1 aliphatic heterocycles. The smallest absolute Gasteiger partial charge is 0.253 e. The zero-order valence-electron chi connectivity index (χ0n) is 9.51. The monoisotopic (exact) mass is 217 g/mol. The summed E-state index contributed by atoms with van der Waals surface area (Å²) in [4.78, 5) is 13.5. The van der Waals surface area contributed by atoms with Crippen molar-refractivity contribution in [1.29, 1.82) is 0 Å². The number of nitrogens with zero attached hydrogens (tertiary/aromatic N) is 1. The van der Waals surface area contributed by atoms with Crippen molar-refractivity contribution in [2.75, 3.05) is 6.54 Å². The number of hydrogen-bond donors (Lipinski definition) is 0. The van der Waals surface area contributed by atoms with Crippen molar-refractivity contribution in [2.24, 2.45) is 0 Å². The molecule has 0 bridgehead atoms. The van der Waals surface area contributed by atoms with E-state index in [4.69, 9.17) is 4.74 Å². The fraction of sp³-hybridized carbons (Fsp3) is 0.308. The zero-order valence-corrected chi connectivity index (χ0v) is 9.51. The lowest BCUT2D eigenvalue weighted by Crippen LogP contribution is -2.37. The van der Waals surface area contributed by atoms with Gasteiger partial charge in [0, 0.05) is 18.2 Å². The van der Waals surface area contributed by atoms with E-state index in [-0.39, 0.29) is 12.1 Å². The van der Waals surface area contributed by atoms with Gasteiger partial charge in [-0.05, 0) is 13.8 Å². The maximum atomic E-state index is 11.8. The Morgan fingerprint density at radius 3 is 2.62 bits per heavy atom. The molecule has 1 aliphatic rings. The third-order valence-electron chi connectivity index (χ3n) is 2.62. The number of likely N-dealkylation sites (N-methyl/N-ethyl adjacent to an activating group) is 1. The first-order valence-electron chi connectivity index (χ1n) is 5.43.